The summed E-state index contributed by atoms with van der Waals surface area (Å²) in [5.74, 6) is -1.57. The summed E-state index contributed by atoms with van der Waals surface area (Å²) in [5, 5.41) is 71.9. The minimum Gasteiger partial charge on any atom is -0.388 e. The van der Waals surface area contributed by atoms with Gasteiger partial charge >= 0.3 is 7.60 Å². The van der Waals surface area contributed by atoms with E-state index in [9.17, 15) is 54.5 Å². The fraction of sp³-hybridized carbons (Fsp3) is 0.912. The van der Waals surface area contributed by atoms with E-state index in [2.05, 4.69) is 16.0 Å². The standard InChI is InChI=1S/C34H62N3O22P/c1-17(38)35-23-29(44)26(41)20(57-32(23)53-10-6-49-4)14-50-7-11-54-33-24(36-18(2)39)30(45)27(42)21(58-33)15-51-8-12-55-34-25(37-19(3)40)31(46)28(43)22(59-34)16-52-9-13-56-60(5,47)48/h20-34,41-46H,6-16H2,1-5H3,(H,35,38)(H,36,39)(H,37,40)(H,47,48). The van der Waals surface area contributed by atoms with Crippen molar-refractivity contribution in [2.24, 2.45) is 0 Å². The second-order valence-electron chi connectivity index (χ2n) is 14.2. The fourth-order valence-electron chi connectivity index (χ4n) is 6.36. The Morgan fingerprint density at radius 1 is 0.517 bits per heavy atom. The van der Waals surface area contributed by atoms with Crippen molar-refractivity contribution in [1.29, 1.82) is 0 Å². The number of amides is 3. The first kappa shape index (κ1) is 52.3. The average Bonchev–Trinajstić information content (AvgIpc) is 3.16. The maximum absolute atomic E-state index is 11.9. The first-order chi connectivity index (χ1) is 28.3. The largest absolute Gasteiger partial charge is 0.388 e. The Balaban J connectivity index is 1.51. The summed E-state index contributed by atoms with van der Waals surface area (Å²) in [5.41, 5.74) is 0. The highest BCUT2D eigenvalue weighted by atomic mass is 31.2. The maximum Gasteiger partial charge on any atom is 0.325 e. The number of hydrogen-bond acceptors (Lipinski definition) is 21. The molecule has 3 rings (SSSR count). The molecule has 350 valence electrons. The molecule has 0 aliphatic carbocycles. The number of carbonyl (C=O) groups is 3. The van der Waals surface area contributed by atoms with Crippen LogP contribution in [0.1, 0.15) is 20.8 Å². The molecule has 3 saturated heterocycles. The van der Waals surface area contributed by atoms with E-state index < -0.39 is 117 Å². The molecule has 16 unspecified atom stereocenters. The van der Waals surface area contributed by atoms with Gasteiger partial charge in [0.2, 0.25) is 17.7 Å². The lowest BCUT2D eigenvalue weighted by molar-refractivity contribution is -0.283. The summed E-state index contributed by atoms with van der Waals surface area (Å²) in [7, 11) is -2.26. The van der Waals surface area contributed by atoms with Crippen LogP contribution in [0.15, 0.2) is 0 Å². The Kier molecular flexibility index (Phi) is 22.5. The molecular weight excluding hydrogens is 833 g/mol. The molecule has 0 radical (unpaired) electrons. The molecule has 0 aromatic rings. The molecule has 0 bridgehead atoms. The fourth-order valence-corrected chi connectivity index (χ4v) is 6.77. The van der Waals surface area contributed by atoms with Gasteiger partial charge in [-0.05, 0) is 0 Å². The van der Waals surface area contributed by atoms with Crippen LogP contribution in [-0.2, 0) is 70.8 Å². The number of hydrogen-bond donors (Lipinski definition) is 10. The zero-order valence-electron chi connectivity index (χ0n) is 34.1. The predicted octanol–water partition coefficient (Wildman–Crippen LogP) is -5.58. The van der Waals surface area contributed by atoms with E-state index in [1.165, 1.54) is 27.9 Å². The number of ether oxygens (including phenoxy) is 10. The van der Waals surface area contributed by atoms with Gasteiger partial charge in [0.1, 0.15) is 73.1 Å². The third-order valence-corrected chi connectivity index (χ3v) is 9.87. The van der Waals surface area contributed by atoms with Crippen molar-refractivity contribution in [3.8, 4) is 0 Å². The van der Waals surface area contributed by atoms with E-state index in [0.29, 0.717) is 0 Å². The van der Waals surface area contributed by atoms with E-state index in [1.807, 2.05) is 0 Å². The van der Waals surface area contributed by atoms with Crippen LogP contribution in [0.25, 0.3) is 0 Å². The lowest BCUT2D eigenvalue weighted by atomic mass is 9.97. The molecule has 0 aromatic heterocycles. The van der Waals surface area contributed by atoms with Crippen LogP contribution in [-0.4, -0.2) is 232 Å². The molecule has 26 heteroatoms. The van der Waals surface area contributed by atoms with Crippen molar-refractivity contribution in [1.82, 2.24) is 16.0 Å². The molecular formula is C34H62N3O22P. The molecule has 16 atom stereocenters. The molecule has 3 fully saturated rings. The third-order valence-electron chi connectivity index (χ3n) is 9.21. The second kappa shape index (κ2) is 25.9. The minimum atomic E-state index is -3.72. The Bertz CT molecular complexity index is 1350. The normalized spacial score (nSPS) is 35.6. The number of carbonyl (C=O) groups excluding carboxylic acids is 3. The highest BCUT2D eigenvalue weighted by molar-refractivity contribution is 7.51. The number of aliphatic hydroxyl groups excluding tert-OH is 6. The Labute approximate surface area is 346 Å². The molecule has 25 nitrogen and oxygen atoms in total. The van der Waals surface area contributed by atoms with Gasteiger partial charge in [-0.3, -0.25) is 18.9 Å². The number of nitrogens with one attached hydrogen (secondary N) is 3. The molecule has 0 spiro atoms. The maximum atomic E-state index is 11.9. The van der Waals surface area contributed by atoms with Gasteiger partial charge in [-0.15, -0.1) is 0 Å². The van der Waals surface area contributed by atoms with Crippen molar-refractivity contribution in [3.63, 3.8) is 0 Å². The third kappa shape index (κ3) is 16.9. The first-order valence-electron chi connectivity index (χ1n) is 19.2. The zero-order chi connectivity index (χ0) is 44.6. The first-order valence-corrected chi connectivity index (χ1v) is 21.2. The molecule has 3 aliphatic rings. The zero-order valence-corrected chi connectivity index (χ0v) is 35.0. The molecule has 0 saturated carbocycles. The van der Waals surface area contributed by atoms with Crippen LogP contribution in [0.3, 0.4) is 0 Å². The van der Waals surface area contributed by atoms with Crippen LogP contribution in [0.4, 0.5) is 0 Å². The highest BCUT2D eigenvalue weighted by Gasteiger charge is 2.48. The van der Waals surface area contributed by atoms with Gasteiger partial charge in [-0.25, -0.2) is 0 Å². The average molecular weight is 896 g/mol. The van der Waals surface area contributed by atoms with Crippen LogP contribution in [0.2, 0.25) is 0 Å². The summed E-state index contributed by atoms with van der Waals surface area (Å²) >= 11 is 0. The second-order valence-corrected chi connectivity index (χ2v) is 16.1. The molecule has 60 heavy (non-hydrogen) atoms. The molecule has 3 aliphatic heterocycles. The number of rotatable bonds is 25. The van der Waals surface area contributed by atoms with Gasteiger partial charge in [0.25, 0.3) is 0 Å². The summed E-state index contributed by atoms with van der Waals surface area (Å²) < 4.78 is 72.1. The summed E-state index contributed by atoms with van der Waals surface area (Å²) in [6.45, 7) is 3.07. The predicted molar refractivity (Wildman–Crippen MR) is 199 cm³/mol. The lowest BCUT2D eigenvalue weighted by Crippen LogP contribution is -2.65. The molecule has 3 amide bonds. The minimum absolute atomic E-state index is 0.0697. The number of methoxy groups -OCH3 is 1. The molecule has 10 N–H and O–H groups in total. The van der Waals surface area contributed by atoms with E-state index >= 15 is 0 Å². The van der Waals surface area contributed by atoms with E-state index in [4.69, 9.17) is 51.9 Å². The number of aliphatic hydroxyl groups is 6. The van der Waals surface area contributed by atoms with Crippen molar-refractivity contribution in [2.75, 3.05) is 86.5 Å². The van der Waals surface area contributed by atoms with Gasteiger partial charge in [0, 0.05) is 34.5 Å². The van der Waals surface area contributed by atoms with Crippen molar-refractivity contribution < 1.29 is 106 Å². The smallest absolute Gasteiger partial charge is 0.325 e. The Morgan fingerprint density at radius 2 is 0.817 bits per heavy atom. The van der Waals surface area contributed by atoms with E-state index in [-0.39, 0.29) is 72.7 Å². The summed E-state index contributed by atoms with van der Waals surface area (Å²) in [6.07, 6.45) is -16.2. The SMILES string of the molecule is COCCOC1OC(COCCOC2OC(COCCOC3OC(COCCOP(C)(=O)O)C(O)C(O)C3NC(C)=O)C(O)C(O)C2NC(C)=O)C(O)C(O)C1NC(C)=O. The monoisotopic (exact) mass is 895 g/mol. The molecule has 3 heterocycles. The summed E-state index contributed by atoms with van der Waals surface area (Å²) in [4.78, 5) is 44.7. The summed E-state index contributed by atoms with van der Waals surface area (Å²) in [6, 6.07) is -3.48. The van der Waals surface area contributed by atoms with Crippen LogP contribution in [0, 0.1) is 0 Å². The quantitative estimate of drug-likeness (QED) is 0.0302. The van der Waals surface area contributed by atoms with Gasteiger partial charge < -0.3 is 103 Å². The van der Waals surface area contributed by atoms with Gasteiger partial charge in [-0.1, -0.05) is 0 Å². The van der Waals surface area contributed by atoms with E-state index in [0.717, 1.165) is 6.66 Å². The highest BCUT2D eigenvalue weighted by Crippen LogP contribution is 2.36. The van der Waals surface area contributed by atoms with Gasteiger partial charge in [0.15, 0.2) is 18.9 Å². The van der Waals surface area contributed by atoms with E-state index in [1.54, 1.807) is 0 Å². The van der Waals surface area contributed by atoms with Crippen molar-refractivity contribution >= 4 is 25.3 Å². The van der Waals surface area contributed by atoms with Crippen LogP contribution >= 0.6 is 7.60 Å². The van der Waals surface area contributed by atoms with Crippen molar-refractivity contribution in [3.05, 3.63) is 0 Å². The lowest BCUT2D eigenvalue weighted by Gasteiger charge is -2.43. The van der Waals surface area contributed by atoms with Crippen LogP contribution < -0.4 is 16.0 Å². The molecule has 0 aromatic carbocycles. The van der Waals surface area contributed by atoms with Gasteiger partial charge in [-0.2, -0.15) is 0 Å². The topological polar surface area (TPSA) is 348 Å². The Hall–Kier alpha value is -2.08. The van der Waals surface area contributed by atoms with Gasteiger partial charge in [0.05, 0.1) is 72.7 Å². The van der Waals surface area contributed by atoms with Crippen molar-refractivity contribution in [2.45, 2.75) is 113 Å². The Morgan fingerprint density at radius 3 is 1.10 bits per heavy atom. The van der Waals surface area contributed by atoms with Crippen LogP contribution in [0.5, 0.6) is 0 Å².